The number of pyridine rings is 1. The highest BCUT2D eigenvalue weighted by molar-refractivity contribution is 14.1. The van der Waals surface area contributed by atoms with Crippen LogP contribution in [0.1, 0.15) is 46.7 Å². The molecule has 1 aromatic carbocycles. The lowest BCUT2D eigenvalue weighted by atomic mass is 9.96. The average molecular weight is 559 g/mol. The predicted molar refractivity (Wildman–Crippen MR) is 140 cm³/mol. The topological polar surface area (TPSA) is 73.1 Å². The molecule has 0 saturated carbocycles. The number of carbonyl (C=O) groups is 1. The number of thiocarbonyl (C=S) groups is 1. The number of halogens is 1. The predicted octanol–water partition coefficient (Wildman–Crippen LogP) is 4.94. The van der Waals surface area contributed by atoms with Gasteiger partial charge in [0.15, 0.2) is 5.11 Å². The number of anilines is 1. The van der Waals surface area contributed by atoms with Crippen LogP contribution < -0.4 is 10.6 Å². The molecule has 6 nitrogen and oxygen atoms in total. The quantitative estimate of drug-likeness (QED) is 0.295. The van der Waals surface area contributed by atoms with Crippen molar-refractivity contribution in [3.63, 3.8) is 0 Å². The highest BCUT2D eigenvalue weighted by Crippen LogP contribution is 2.42. The number of benzene rings is 1. The van der Waals surface area contributed by atoms with Crippen LogP contribution in [0.25, 0.3) is 0 Å². The van der Waals surface area contributed by atoms with Crippen LogP contribution in [-0.4, -0.2) is 32.4 Å². The Kier molecular flexibility index (Phi) is 6.80. The van der Waals surface area contributed by atoms with E-state index in [2.05, 4.69) is 61.9 Å². The fourth-order valence-electron chi connectivity index (χ4n) is 4.25. The molecule has 1 aliphatic rings. The zero-order valence-electron chi connectivity index (χ0n) is 18.3. The number of nitrogens with zero attached hydrogens (tertiary/aromatic N) is 2. The molecule has 1 fully saturated rings. The molecule has 3 N–H and O–H groups in total. The number of aryl methyl sites for hydroxylation is 3. The molecule has 3 aromatic rings. The first-order chi connectivity index (χ1) is 15.3. The Bertz CT molecular complexity index is 1150. The van der Waals surface area contributed by atoms with E-state index in [9.17, 15) is 4.79 Å². The van der Waals surface area contributed by atoms with E-state index < -0.39 is 0 Å². The Balaban J connectivity index is 1.59. The molecule has 1 saturated heterocycles. The van der Waals surface area contributed by atoms with Crippen LogP contribution in [0.5, 0.6) is 0 Å². The molecular formula is C24H26IN5OS. The van der Waals surface area contributed by atoms with E-state index >= 15 is 0 Å². The maximum atomic E-state index is 12.7. The summed E-state index contributed by atoms with van der Waals surface area (Å²) in [5.74, 6) is -0.0323. The van der Waals surface area contributed by atoms with Gasteiger partial charge in [-0.1, -0.05) is 18.2 Å². The molecule has 166 valence electrons. The van der Waals surface area contributed by atoms with Gasteiger partial charge >= 0.3 is 0 Å². The number of nitrogens with one attached hydrogen (secondary N) is 3. The highest BCUT2D eigenvalue weighted by Gasteiger charge is 2.42. The molecule has 32 heavy (non-hydrogen) atoms. The highest BCUT2D eigenvalue weighted by atomic mass is 127. The van der Waals surface area contributed by atoms with E-state index in [0.717, 1.165) is 28.3 Å². The van der Waals surface area contributed by atoms with Crippen LogP contribution in [0.2, 0.25) is 0 Å². The van der Waals surface area contributed by atoms with Gasteiger partial charge < -0.3 is 20.5 Å². The van der Waals surface area contributed by atoms with E-state index in [1.54, 1.807) is 6.20 Å². The van der Waals surface area contributed by atoms with Gasteiger partial charge in [0, 0.05) is 45.4 Å². The van der Waals surface area contributed by atoms with E-state index in [-0.39, 0.29) is 18.0 Å². The Morgan fingerprint density at radius 2 is 2.00 bits per heavy atom. The smallest absolute Gasteiger partial charge is 0.226 e. The standard InChI is InChI=1S/C24H26IN5OS/c1-14-7-6-8-17(13-14)28-19(31)10-12-30-23(20-15(2)27-16(3)21(20)25)22(29-24(30)32)18-9-4-5-11-26-18/h4-9,11,13,22-23,27H,10,12H2,1-3H3,(H,28,31)(H,29,32)/t22-,23-/m1/s1. The summed E-state index contributed by atoms with van der Waals surface area (Å²) in [6.07, 6.45) is 2.13. The molecule has 0 bridgehead atoms. The third kappa shape index (κ3) is 4.66. The zero-order chi connectivity index (χ0) is 22.8. The van der Waals surface area contributed by atoms with Crippen LogP contribution in [-0.2, 0) is 4.79 Å². The summed E-state index contributed by atoms with van der Waals surface area (Å²) in [5, 5.41) is 7.10. The number of hydrogen-bond donors (Lipinski definition) is 3. The molecule has 3 heterocycles. The van der Waals surface area contributed by atoms with Gasteiger partial charge in [-0.2, -0.15) is 0 Å². The largest absolute Gasteiger partial charge is 0.362 e. The van der Waals surface area contributed by atoms with Crippen molar-refractivity contribution in [3.05, 3.63) is 80.4 Å². The van der Waals surface area contributed by atoms with E-state index in [1.807, 2.05) is 49.4 Å². The van der Waals surface area contributed by atoms with Gasteiger partial charge in [-0.15, -0.1) is 0 Å². The molecule has 1 aliphatic heterocycles. The lowest BCUT2D eigenvalue weighted by Crippen LogP contribution is -2.33. The molecule has 0 radical (unpaired) electrons. The van der Waals surface area contributed by atoms with Gasteiger partial charge in [-0.25, -0.2) is 0 Å². The molecule has 1 amide bonds. The van der Waals surface area contributed by atoms with Crippen molar-refractivity contribution in [2.24, 2.45) is 0 Å². The summed E-state index contributed by atoms with van der Waals surface area (Å²) in [7, 11) is 0. The van der Waals surface area contributed by atoms with E-state index in [1.165, 1.54) is 9.13 Å². The summed E-state index contributed by atoms with van der Waals surface area (Å²) < 4.78 is 1.19. The number of H-pyrrole nitrogens is 1. The third-order valence-corrected chi connectivity index (χ3v) is 7.46. The van der Waals surface area contributed by atoms with Crippen molar-refractivity contribution in [1.82, 2.24) is 20.2 Å². The first kappa shape index (κ1) is 22.7. The van der Waals surface area contributed by atoms with Gasteiger partial charge in [0.2, 0.25) is 5.91 Å². The molecule has 2 atom stereocenters. The maximum Gasteiger partial charge on any atom is 0.226 e. The second-order valence-electron chi connectivity index (χ2n) is 8.09. The number of carbonyl (C=O) groups excluding carboxylic acids is 1. The minimum atomic E-state index is -0.0917. The molecule has 0 aliphatic carbocycles. The Hall–Kier alpha value is -2.46. The van der Waals surface area contributed by atoms with Gasteiger partial charge in [-0.3, -0.25) is 9.78 Å². The summed E-state index contributed by atoms with van der Waals surface area (Å²) in [6.45, 7) is 6.69. The van der Waals surface area contributed by atoms with Crippen LogP contribution in [0.15, 0.2) is 48.7 Å². The summed E-state index contributed by atoms with van der Waals surface area (Å²) >= 11 is 8.12. The van der Waals surface area contributed by atoms with E-state index in [0.29, 0.717) is 18.1 Å². The van der Waals surface area contributed by atoms with Crippen LogP contribution in [0.4, 0.5) is 5.69 Å². The van der Waals surface area contributed by atoms with Gasteiger partial charge in [0.1, 0.15) is 0 Å². The van der Waals surface area contributed by atoms with Crippen molar-refractivity contribution in [2.45, 2.75) is 39.3 Å². The minimum absolute atomic E-state index is 0.0323. The number of aromatic nitrogens is 2. The van der Waals surface area contributed by atoms with Crippen molar-refractivity contribution in [1.29, 1.82) is 0 Å². The number of amides is 1. The Morgan fingerprint density at radius 1 is 1.19 bits per heavy atom. The number of rotatable bonds is 6. The van der Waals surface area contributed by atoms with Crippen LogP contribution >= 0.6 is 34.8 Å². The molecule has 8 heteroatoms. The second kappa shape index (κ2) is 9.58. The van der Waals surface area contributed by atoms with Gasteiger partial charge in [-0.05, 0) is 85.4 Å². The molecule has 0 unspecified atom stereocenters. The average Bonchev–Trinajstić information content (AvgIpc) is 3.21. The third-order valence-electron chi connectivity index (χ3n) is 5.72. The van der Waals surface area contributed by atoms with Crippen molar-refractivity contribution >= 4 is 51.5 Å². The monoisotopic (exact) mass is 559 g/mol. The van der Waals surface area contributed by atoms with Gasteiger partial charge in [0.05, 0.1) is 17.8 Å². The normalized spacial score (nSPS) is 18.0. The fraction of sp³-hybridized carbons (Fsp3) is 0.292. The van der Waals surface area contributed by atoms with Crippen LogP contribution in [0.3, 0.4) is 0 Å². The van der Waals surface area contributed by atoms with Crippen molar-refractivity contribution in [3.8, 4) is 0 Å². The zero-order valence-corrected chi connectivity index (χ0v) is 21.3. The minimum Gasteiger partial charge on any atom is -0.362 e. The maximum absolute atomic E-state index is 12.7. The first-order valence-corrected chi connectivity index (χ1v) is 12.0. The second-order valence-corrected chi connectivity index (χ2v) is 9.56. The summed E-state index contributed by atoms with van der Waals surface area (Å²) in [4.78, 5) is 22.9. The van der Waals surface area contributed by atoms with E-state index in [4.69, 9.17) is 12.2 Å². The molecule has 4 rings (SSSR count). The summed E-state index contributed by atoms with van der Waals surface area (Å²) in [6, 6.07) is 13.6. The van der Waals surface area contributed by atoms with Crippen molar-refractivity contribution in [2.75, 3.05) is 11.9 Å². The fourth-order valence-corrected chi connectivity index (χ4v) is 5.44. The SMILES string of the molecule is Cc1cccc(NC(=O)CCN2C(=S)N[C@H](c3ccccn3)[C@H]2c2c(C)[nH]c(C)c2I)c1. The molecule has 0 spiro atoms. The van der Waals surface area contributed by atoms with Crippen molar-refractivity contribution < 1.29 is 4.79 Å². The molecular weight excluding hydrogens is 533 g/mol. The molecule has 2 aromatic heterocycles. The summed E-state index contributed by atoms with van der Waals surface area (Å²) in [5.41, 5.74) is 6.29. The number of aromatic amines is 1. The lowest BCUT2D eigenvalue weighted by molar-refractivity contribution is -0.116. The Labute approximate surface area is 207 Å². The first-order valence-electron chi connectivity index (χ1n) is 10.5. The number of hydrogen-bond acceptors (Lipinski definition) is 3. The lowest BCUT2D eigenvalue weighted by Gasteiger charge is -2.28. The Morgan fingerprint density at radius 3 is 2.66 bits per heavy atom. The van der Waals surface area contributed by atoms with Gasteiger partial charge in [0.25, 0.3) is 0 Å². The van der Waals surface area contributed by atoms with Crippen LogP contribution in [0, 0.1) is 24.3 Å².